The zero-order valence-electron chi connectivity index (χ0n) is 18.2. The number of hydrogen-bond acceptors (Lipinski definition) is 3. The van der Waals surface area contributed by atoms with Gasteiger partial charge in [0, 0.05) is 18.6 Å². The molecular formula is C22H37IN4O2. The van der Waals surface area contributed by atoms with Crippen molar-refractivity contribution in [3.63, 3.8) is 0 Å². The van der Waals surface area contributed by atoms with Crippen LogP contribution < -0.4 is 20.7 Å². The van der Waals surface area contributed by atoms with Gasteiger partial charge in [0.25, 0.3) is 5.91 Å². The van der Waals surface area contributed by atoms with E-state index < -0.39 is 0 Å². The average Bonchev–Trinajstić information content (AvgIpc) is 3.47. The summed E-state index contributed by atoms with van der Waals surface area (Å²) in [4.78, 5) is 16.5. The predicted octanol–water partition coefficient (Wildman–Crippen LogP) is 3.84. The first-order chi connectivity index (χ1) is 13.5. The number of nitrogens with one attached hydrogen (secondary N) is 3. The van der Waals surface area contributed by atoms with Crippen LogP contribution in [-0.2, 0) is 11.3 Å². The predicted molar refractivity (Wildman–Crippen MR) is 130 cm³/mol. The molecule has 0 aliphatic heterocycles. The Balaban J connectivity index is 0.00000420. The normalized spacial score (nSPS) is 14.7. The van der Waals surface area contributed by atoms with Gasteiger partial charge in [0.1, 0.15) is 5.75 Å². The molecule has 1 fully saturated rings. The van der Waals surface area contributed by atoms with E-state index in [-0.39, 0.29) is 36.5 Å². The average molecular weight is 516 g/mol. The molecule has 29 heavy (non-hydrogen) atoms. The van der Waals surface area contributed by atoms with Gasteiger partial charge in [-0.25, -0.2) is 4.99 Å². The third-order valence-corrected chi connectivity index (χ3v) is 4.53. The van der Waals surface area contributed by atoms with Crippen LogP contribution in [0.2, 0.25) is 0 Å². The van der Waals surface area contributed by atoms with Crippen molar-refractivity contribution < 1.29 is 9.53 Å². The Labute approximate surface area is 192 Å². The topological polar surface area (TPSA) is 74.8 Å². The van der Waals surface area contributed by atoms with Crippen LogP contribution in [0.15, 0.2) is 29.3 Å². The van der Waals surface area contributed by atoms with Crippen molar-refractivity contribution in [1.82, 2.24) is 16.0 Å². The van der Waals surface area contributed by atoms with Gasteiger partial charge in [0.2, 0.25) is 0 Å². The van der Waals surface area contributed by atoms with Gasteiger partial charge in [-0.15, -0.1) is 24.0 Å². The highest BCUT2D eigenvalue weighted by molar-refractivity contribution is 14.0. The molecule has 1 aliphatic rings. The van der Waals surface area contributed by atoms with Gasteiger partial charge in [0.05, 0.1) is 6.54 Å². The van der Waals surface area contributed by atoms with Gasteiger partial charge in [-0.3, -0.25) is 4.79 Å². The summed E-state index contributed by atoms with van der Waals surface area (Å²) >= 11 is 0. The van der Waals surface area contributed by atoms with Gasteiger partial charge in [-0.05, 0) is 63.1 Å². The van der Waals surface area contributed by atoms with Crippen LogP contribution in [0.25, 0.3) is 0 Å². The van der Waals surface area contributed by atoms with E-state index in [0.717, 1.165) is 37.3 Å². The third kappa shape index (κ3) is 11.3. The van der Waals surface area contributed by atoms with Crippen molar-refractivity contribution in [2.45, 2.75) is 72.0 Å². The monoisotopic (exact) mass is 516 g/mol. The zero-order valence-corrected chi connectivity index (χ0v) is 20.5. The Morgan fingerprint density at radius 3 is 2.66 bits per heavy atom. The molecule has 164 valence electrons. The summed E-state index contributed by atoms with van der Waals surface area (Å²) in [5.41, 5.74) is 1.05. The van der Waals surface area contributed by atoms with Gasteiger partial charge in [0.15, 0.2) is 12.6 Å². The molecule has 0 saturated heterocycles. The number of amides is 1. The van der Waals surface area contributed by atoms with Gasteiger partial charge < -0.3 is 20.7 Å². The molecule has 0 bridgehead atoms. The van der Waals surface area contributed by atoms with Crippen molar-refractivity contribution in [2.75, 3.05) is 13.2 Å². The Kier molecular flexibility index (Phi) is 12.0. The number of halogens is 1. The Hall–Kier alpha value is -1.51. The molecule has 3 N–H and O–H groups in total. The van der Waals surface area contributed by atoms with E-state index in [1.807, 2.05) is 24.3 Å². The molecule has 1 unspecified atom stereocenters. The van der Waals surface area contributed by atoms with E-state index in [9.17, 15) is 4.79 Å². The highest BCUT2D eigenvalue weighted by atomic mass is 127. The molecule has 1 atom stereocenters. The highest BCUT2D eigenvalue weighted by Crippen LogP contribution is 2.18. The second-order valence-electron chi connectivity index (χ2n) is 7.99. The number of ether oxygens (including phenoxy) is 1. The van der Waals surface area contributed by atoms with Crippen LogP contribution in [-0.4, -0.2) is 37.1 Å². The zero-order chi connectivity index (χ0) is 20.4. The summed E-state index contributed by atoms with van der Waals surface area (Å²) in [6.45, 7) is 10.2. The molecule has 0 radical (unpaired) electrons. The smallest absolute Gasteiger partial charge is 0.258 e. The summed E-state index contributed by atoms with van der Waals surface area (Å²) in [6.07, 6.45) is 4.48. The maximum atomic E-state index is 11.8. The van der Waals surface area contributed by atoms with Crippen LogP contribution >= 0.6 is 24.0 Å². The first kappa shape index (κ1) is 25.5. The van der Waals surface area contributed by atoms with Crippen molar-refractivity contribution in [2.24, 2.45) is 10.9 Å². The first-order valence-electron chi connectivity index (χ1n) is 10.5. The van der Waals surface area contributed by atoms with E-state index in [1.165, 1.54) is 6.42 Å². The number of carbonyl (C=O) groups excluding carboxylic acids is 1. The summed E-state index contributed by atoms with van der Waals surface area (Å²) < 4.78 is 5.62. The summed E-state index contributed by atoms with van der Waals surface area (Å²) in [7, 11) is 0. The lowest BCUT2D eigenvalue weighted by molar-refractivity contribution is -0.123. The summed E-state index contributed by atoms with van der Waals surface area (Å²) in [5, 5.41) is 9.71. The number of hydrogen-bond donors (Lipinski definition) is 3. The lowest BCUT2D eigenvalue weighted by Gasteiger charge is -2.18. The number of rotatable bonds is 11. The van der Waals surface area contributed by atoms with Crippen molar-refractivity contribution in [3.05, 3.63) is 29.8 Å². The lowest BCUT2D eigenvalue weighted by atomic mass is 10.0. The van der Waals surface area contributed by atoms with E-state index in [1.54, 1.807) is 0 Å². The molecular weight excluding hydrogens is 479 g/mol. The van der Waals surface area contributed by atoms with Crippen LogP contribution in [0, 0.1) is 5.92 Å². The fraction of sp³-hybridized carbons (Fsp3) is 0.636. The molecule has 7 heteroatoms. The Morgan fingerprint density at radius 1 is 1.24 bits per heavy atom. The fourth-order valence-corrected chi connectivity index (χ4v) is 2.76. The number of guanidine groups is 1. The molecule has 1 aromatic rings. The van der Waals surface area contributed by atoms with Crippen molar-refractivity contribution >= 4 is 35.8 Å². The molecule has 0 heterocycles. The quantitative estimate of drug-likeness (QED) is 0.238. The second kappa shape index (κ2) is 13.7. The molecule has 2 rings (SSSR count). The number of benzene rings is 1. The number of nitrogens with zero attached hydrogens (tertiary/aromatic N) is 1. The van der Waals surface area contributed by atoms with Crippen molar-refractivity contribution in [1.29, 1.82) is 0 Å². The van der Waals surface area contributed by atoms with E-state index in [2.05, 4.69) is 43.6 Å². The Bertz CT molecular complexity index is 647. The Morgan fingerprint density at radius 2 is 2.00 bits per heavy atom. The first-order valence-corrected chi connectivity index (χ1v) is 10.5. The van der Waals surface area contributed by atoms with Gasteiger partial charge >= 0.3 is 0 Å². The second-order valence-corrected chi connectivity index (χ2v) is 7.99. The maximum Gasteiger partial charge on any atom is 0.258 e. The van der Waals surface area contributed by atoms with Crippen LogP contribution in [0.1, 0.15) is 58.9 Å². The summed E-state index contributed by atoms with van der Waals surface area (Å²) in [5.74, 6) is 2.17. The van der Waals surface area contributed by atoms with E-state index in [0.29, 0.717) is 30.3 Å². The minimum Gasteiger partial charge on any atom is -0.484 e. The molecule has 1 saturated carbocycles. The molecule has 1 aromatic carbocycles. The highest BCUT2D eigenvalue weighted by Gasteiger charge is 2.23. The fourth-order valence-electron chi connectivity index (χ4n) is 2.76. The largest absolute Gasteiger partial charge is 0.484 e. The maximum absolute atomic E-state index is 11.8. The van der Waals surface area contributed by atoms with Gasteiger partial charge in [-0.2, -0.15) is 0 Å². The molecule has 6 nitrogen and oxygen atoms in total. The molecule has 0 aromatic heterocycles. The lowest BCUT2D eigenvalue weighted by Crippen LogP contribution is -2.42. The van der Waals surface area contributed by atoms with Crippen LogP contribution in [0.5, 0.6) is 5.75 Å². The molecule has 1 amide bonds. The minimum absolute atomic E-state index is 0. The minimum atomic E-state index is -0.0556. The summed E-state index contributed by atoms with van der Waals surface area (Å²) in [6, 6.07) is 8.50. The SMILES string of the molecule is CCNC(=NCc1cccc(OCC(=O)NC2CC2)c1)NC(C)CCC(C)C.I. The van der Waals surface area contributed by atoms with Gasteiger partial charge in [-0.1, -0.05) is 26.0 Å². The van der Waals surface area contributed by atoms with Crippen LogP contribution in [0.3, 0.4) is 0 Å². The standard InChI is InChI=1S/C22H36N4O2.HI/c1-5-23-22(25-17(4)10-9-16(2)3)24-14-18-7-6-8-20(13-18)28-15-21(27)26-19-11-12-19;/h6-8,13,16-17,19H,5,9-12,14-15H2,1-4H3,(H,26,27)(H2,23,24,25);1H. The molecule has 1 aliphatic carbocycles. The number of aliphatic imine (C=N–C) groups is 1. The number of carbonyl (C=O) groups is 1. The molecule has 0 spiro atoms. The van der Waals surface area contributed by atoms with Crippen molar-refractivity contribution in [3.8, 4) is 5.75 Å². The van der Waals surface area contributed by atoms with Crippen LogP contribution in [0.4, 0.5) is 0 Å². The van der Waals surface area contributed by atoms with E-state index in [4.69, 9.17) is 9.73 Å². The third-order valence-electron chi connectivity index (χ3n) is 4.53. The van der Waals surface area contributed by atoms with E-state index >= 15 is 0 Å².